The monoisotopic (exact) mass is 305 g/mol. The van der Waals surface area contributed by atoms with Gasteiger partial charge in [-0.1, -0.05) is 41.9 Å². The zero-order valence-electron chi connectivity index (χ0n) is 11.6. The lowest BCUT2D eigenvalue weighted by atomic mass is 10.0. The van der Waals surface area contributed by atoms with E-state index in [2.05, 4.69) is 15.3 Å². The summed E-state index contributed by atoms with van der Waals surface area (Å²) < 4.78 is 0. The standard InChI is InChI=1S/C15H16ClN3O2/c1-10-17-9-12(16)14(18-10)15(21)19-13(7-8-20)11-5-3-2-4-6-11/h2-6,9,13,20H,7-8H2,1H3,(H,19,21). The molecule has 0 saturated carbocycles. The summed E-state index contributed by atoms with van der Waals surface area (Å²) in [6.45, 7) is 1.66. The molecule has 1 unspecified atom stereocenters. The van der Waals surface area contributed by atoms with E-state index in [1.54, 1.807) is 6.92 Å². The maximum Gasteiger partial charge on any atom is 0.272 e. The summed E-state index contributed by atoms with van der Waals surface area (Å²) in [6, 6.07) is 9.16. The first-order valence-corrected chi connectivity index (χ1v) is 6.95. The molecule has 1 aromatic heterocycles. The molecular weight excluding hydrogens is 290 g/mol. The molecule has 5 nitrogen and oxygen atoms in total. The number of nitrogens with zero attached hydrogens (tertiary/aromatic N) is 2. The minimum atomic E-state index is -0.382. The third-order valence-electron chi connectivity index (χ3n) is 3.00. The Kier molecular flexibility index (Phi) is 5.25. The Morgan fingerprint density at radius 3 is 2.76 bits per heavy atom. The first-order chi connectivity index (χ1) is 10.1. The van der Waals surface area contributed by atoms with Gasteiger partial charge in [-0.05, 0) is 18.9 Å². The minimum Gasteiger partial charge on any atom is -0.396 e. The van der Waals surface area contributed by atoms with Crippen molar-refractivity contribution in [3.05, 3.63) is 58.6 Å². The maximum atomic E-state index is 12.3. The van der Waals surface area contributed by atoms with Crippen molar-refractivity contribution in [3.8, 4) is 0 Å². The summed E-state index contributed by atoms with van der Waals surface area (Å²) in [5.41, 5.74) is 1.06. The topological polar surface area (TPSA) is 75.1 Å². The average Bonchev–Trinajstić information content (AvgIpc) is 2.50. The van der Waals surface area contributed by atoms with Crippen LogP contribution in [-0.4, -0.2) is 27.6 Å². The van der Waals surface area contributed by atoms with Crippen LogP contribution in [0.1, 0.15) is 34.3 Å². The van der Waals surface area contributed by atoms with Crippen LogP contribution in [0.2, 0.25) is 5.02 Å². The molecule has 110 valence electrons. The molecule has 0 saturated heterocycles. The van der Waals surface area contributed by atoms with Gasteiger partial charge in [0.2, 0.25) is 0 Å². The third kappa shape index (κ3) is 4.00. The lowest BCUT2D eigenvalue weighted by Gasteiger charge is -2.18. The molecule has 0 aliphatic rings. The number of aliphatic hydroxyl groups is 1. The molecular formula is C15H16ClN3O2. The molecule has 0 fully saturated rings. The number of aromatic nitrogens is 2. The van der Waals surface area contributed by atoms with Crippen molar-refractivity contribution in [1.82, 2.24) is 15.3 Å². The highest BCUT2D eigenvalue weighted by atomic mass is 35.5. The molecule has 1 amide bonds. The molecule has 1 aromatic carbocycles. The second-order valence-electron chi connectivity index (χ2n) is 4.56. The first-order valence-electron chi connectivity index (χ1n) is 6.57. The van der Waals surface area contributed by atoms with Gasteiger partial charge in [0.1, 0.15) is 11.5 Å². The number of nitrogens with one attached hydrogen (secondary N) is 1. The van der Waals surface area contributed by atoms with Gasteiger partial charge in [-0.25, -0.2) is 9.97 Å². The Balaban J connectivity index is 2.20. The van der Waals surface area contributed by atoms with Gasteiger partial charge >= 0.3 is 0 Å². The molecule has 6 heteroatoms. The fourth-order valence-electron chi connectivity index (χ4n) is 1.98. The van der Waals surface area contributed by atoms with Gasteiger partial charge in [0.15, 0.2) is 0 Å². The number of rotatable bonds is 5. The number of carbonyl (C=O) groups is 1. The van der Waals surface area contributed by atoms with Crippen LogP contribution in [0.15, 0.2) is 36.5 Å². The fraction of sp³-hybridized carbons (Fsp3) is 0.267. The predicted octanol–water partition coefficient (Wildman–Crippen LogP) is 2.29. The molecule has 0 bridgehead atoms. The van der Waals surface area contributed by atoms with E-state index in [0.717, 1.165) is 5.56 Å². The number of hydrogen-bond donors (Lipinski definition) is 2. The molecule has 0 aliphatic heterocycles. The summed E-state index contributed by atoms with van der Waals surface area (Å²) in [6.07, 6.45) is 1.82. The van der Waals surface area contributed by atoms with E-state index in [-0.39, 0.29) is 29.3 Å². The molecule has 0 aliphatic carbocycles. The first kappa shape index (κ1) is 15.4. The average molecular weight is 306 g/mol. The molecule has 0 radical (unpaired) electrons. The Morgan fingerprint density at radius 1 is 1.38 bits per heavy atom. The van der Waals surface area contributed by atoms with Crippen LogP contribution in [0.4, 0.5) is 0 Å². The lowest BCUT2D eigenvalue weighted by Crippen LogP contribution is -2.30. The second-order valence-corrected chi connectivity index (χ2v) is 4.97. The maximum absolute atomic E-state index is 12.3. The van der Waals surface area contributed by atoms with E-state index in [4.69, 9.17) is 11.6 Å². The van der Waals surface area contributed by atoms with Crippen molar-refractivity contribution in [2.75, 3.05) is 6.61 Å². The SMILES string of the molecule is Cc1ncc(Cl)c(C(=O)NC(CCO)c2ccccc2)n1. The van der Waals surface area contributed by atoms with E-state index < -0.39 is 0 Å². The number of benzene rings is 1. The van der Waals surface area contributed by atoms with E-state index in [0.29, 0.717) is 12.2 Å². The zero-order chi connectivity index (χ0) is 15.2. The van der Waals surface area contributed by atoms with E-state index >= 15 is 0 Å². The Bertz CT molecular complexity index is 620. The van der Waals surface area contributed by atoms with Crippen LogP contribution < -0.4 is 5.32 Å². The Hall–Kier alpha value is -1.98. The summed E-state index contributed by atoms with van der Waals surface area (Å²) >= 11 is 5.96. The second kappa shape index (κ2) is 7.15. The number of aryl methyl sites for hydroxylation is 1. The molecule has 21 heavy (non-hydrogen) atoms. The fourth-order valence-corrected chi connectivity index (χ4v) is 2.15. The van der Waals surface area contributed by atoms with Crippen LogP contribution in [-0.2, 0) is 0 Å². The van der Waals surface area contributed by atoms with Gasteiger partial charge in [0.25, 0.3) is 5.91 Å². The number of halogens is 1. The third-order valence-corrected chi connectivity index (χ3v) is 3.28. The summed E-state index contributed by atoms with van der Waals surface area (Å²) in [5.74, 6) is 0.0933. The summed E-state index contributed by atoms with van der Waals surface area (Å²) in [5, 5.41) is 12.2. The lowest BCUT2D eigenvalue weighted by molar-refractivity contribution is 0.0924. The van der Waals surface area contributed by atoms with Crippen molar-refractivity contribution >= 4 is 17.5 Å². The zero-order valence-corrected chi connectivity index (χ0v) is 12.3. The van der Waals surface area contributed by atoms with Crippen LogP contribution in [0.25, 0.3) is 0 Å². The molecule has 2 N–H and O–H groups in total. The normalized spacial score (nSPS) is 12.0. The van der Waals surface area contributed by atoms with Gasteiger partial charge in [0, 0.05) is 6.61 Å². The number of hydrogen-bond acceptors (Lipinski definition) is 4. The molecule has 1 atom stereocenters. The van der Waals surface area contributed by atoms with E-state index in [1.807, 2.05) is 30.3 Å². The van der Waals surface area contributed by atoms with Crippen molar-refractivity contribution in [1.29, 1.82) is 0 Å². The Labute approximate surface area is 128 Å². The highest BCUT2D eigenvalue weighted by molar-refractivity contribution is 6.33. The van der Waals surface area contributed by atoms with E-state index in [9.17, 15) is 9.90 Å². The van der Waals surface area contributed by atoms with Gasteiger partial charge < -0.3 is 10.4 Å². The van der Waals surface area contributed by atoms with Crippen molar-refractivity contribution in [3.63, 3.8) is 0 Å². The van der Waals surface area contributed by atoms with Crippen LogP contribution in [0.3, 0.4) is 0 Å². The van der Waals surface area contributed by atoms with Crippen LogP contribution >= 0.6 is 11.6 Å². The smallest absolute Gasteiger partial charge is 0.272 e. The minimum absolute atomic E-state index is 0.0314. The number of carbonyl (C=O) groups excluding carboxylic acids is 1. The molecule has 2 aromatic rings. The number of aliphatic hydroxyl groups excluding tert-OH is 1. The number of amides is 1. The van der Waals surface area contributed by atoms with Gasteiger partial charge in [-0.15, -0.1) is 0 Å². The molecule has 2 rings (SSSR count). The van der Waals surface area contributed by atoms with Gasteiger partial charge in [0.05, 0.1) is 17.3 Å². The van der Waals surface area contributed by atoms with Crippen molar-refractivity contribution < 1.29 is 9.90 Å². The van der Waals surface area contributed by atoms with Crippen molar-refractivity contribution in [2.45, 2.75) is 19.4 Å². The summed E-state index contributed by atoms with van der Waals surface area (Å²) in [7, 11) is 0. The van der Waals surface area contributed by atoms with Crippen LogP contribution in [0, 0.1) is 6.92 Å². The highest BCUT2D eigenvalue weighted by Gasteiger charge is 2.18. The van der Waals surface area contributed by atoms with Gasteiger partial charge in [-0.3, -0.25) is 4.79 Å². The predicted molar refractivity (Wildman–Crippen MR) is 80.1 cm³/mol. The van der Waals surface area contributed by atoms with Crippen LogP contribution in [0.5, 0.6) is 0 Å². The summed E-state index contributed by atoms with van der Waals surface area (Å²) in [4.78, 5) is 20.3. The highest BCUT2D eigenvalue weighted by Crippen LogP contribution is 2.18. The van der Waals surface area contributed by atoms with E-state index in [1.165, 1.54) is 6.20 Å². The quantitative estimate of drug-likeness (QED) is 0.889. The molecule has 0 spiro atoms. The largest absolute Gasteiger partial charge is 0.396 e. The Morgan fingerprint density at radius 2 is 2.10 bits per heavy atom. The molecule has 1 heterocycles. The van der Waals surface area contributed by atoms with Gasteiger partial charge in [-0.2, -0.15) is 0 Å². The van der Waals surface area contributed by atoms with Crippen molar-refractivity contribution in [2.24, 2.45) is 0 Å².